The van der Waals surface area contributed by atoms with Crippen molar-refractivity contribution < 1.29 is 15.0 Å². The summed E-state index contributed by atoms with van der Waals surface area (Å²) in [6.07, 6.45) is 35.2. The Morgan fingerprint density at radius 3 is 2.02 bits per heavy atom. The Bertz CT molecular complexity index is 1510. The molecule has 0 saturated heterocycles. The van der Waals surface area contributed by atoms with Crippen molar-refractivity contribution in [1.82, 2.24) is 4.57 Å². The Balaban J connectivity index is 0.834. The van der Waals surface area contributed by atoms with E-state index >= 15 is 0 Å². The Labute approximate surface area is 323 Å². The number of fused-ring (bicyclic) bond motifs is 3. The molecule has 0 spiro atoms. The van der Waals surface area contributed by atoms with E-state index in [1.54, 1.807) is 64.2 Å². The average molecular weight is 746 g/mol. The summed E-state index contributed by atoms with van der Waals surface area (Å²) in [5.74, 6) is 10.3. The molecule has 6 aliphatic carbocycles. The minimum absolute atomic E-state index is 0.00344. The van der Waals surface area contributed by atoms with Crippen molar-refractivity contribution in [3.8, 4) is 5.88 Å². The van der Waals surface area contributed by atoms with E-state index in [9.17, 15) is 9.90 Å². The summed E-state index contributed by atoms with van der Waals surface area (Å²) in [4.78, 5) is 11.9. The molecular weight excluding hydrogens is 679 g/mol. The number of aromatic hydroxyl groups is 1. The van der Waals surface area contributed by atoms with Crippen LogP contribution in [0.2, 0.25) is 0 Å². The molecule has 2 aromatic rings. The highest BCUT2D eigenvalue weighted by molar-refractivity contribution is 7.73. The number of carboxylic acids is 1. The van der Waals surface area contributed by atoms with Gasteiger partial charge in [0.25, 0.3) is 0 Å². The van der Waals surface area contributed by atoms with E-state index in [0.717, 1.165) is 82.0 Å². The zero-order valence-electron chi connectivity index (χ0n) is 31.9. The molecule has 0 aliphatic heterocycles. The fourth-order valence-electron chi connectivity index (χ4n) is 13.9. The average Bonchev–Trinajstić information content (AvgIpc) is 3.84. The van der Waals surface area contributed by atoms with Crippen molar-refractivity contribution >= 4 is 29.5 Å². The van der Waals surface area contributed by atoms with Crippen LogP contribution in [0.25, 0.3) is 0 Å². The molecule has 0 bridgehead atoms. The number of hydrogen-bond donors (Lipinski definition) is 2. The zero-order chi connectivity index (χ0) is 35.6. The number of nitrogens with zero attached hydrogens (tertiary/aromatic N) is 1. The molecule has 0 amide bonds. The molecule has 1 aromatic heterocycles. The van der Waals surface area contributed by atoms with Gasteiger partial charge in [0.05, 0.1) is 4.88 Å². The van der Waals surface area contributed by atoms with Crippen LogP contribution in [0, 0.1) is 69.1 Å². The number of rotatable bonds is 12. The van der Waals surface area contributed by atoms with Crippen LogP contribution in [0.3, 0.4) is 0 Å². The summed E-state index contributed by atoms with van der Waals surface area (Å²) in [5, 5.41) is 19.7. The third-order valence-corrected chi connectivity index (χ3v) is 17.7. The van der Waals surface area contributed by atoms with Gasteiger partial charge in [-0.2, -0.15) is 0 Å². The zero-order valence-corrected chi connectivity index (χ0v) is 33.5. The smallest absolute Gasteiger partial charge is 0.323 e. The van der Waals surface area contributed by atoms with Gasteiger partial charge in [-0.15, -0.1) is 11.3 Å². The summed E-state index contributed by atoms with van der Waals surface area (Å²) in [5.41, 5.74) is 2.55. The summed E-state index contributed by atoms with van der Waals surface area (Å²) < 4.78 is 1.73. The van der Waals surface area contributed by atoms with Gasteiger partial charge in [0.2, 0.25) is 5.88 Å². The fourth-order valence-corrected chi connectivity index (χ4v) is 15.3. The van der Waals surface area contributed by atoms with Gasteiger partial charge >= 0.3 is 5.97 Å². The standard InChI is InChI=1S/C46H67NO3S2/c48-43(49)29-47-45(50)42(52-46(47)51)28-33-18-15-30(16-19-33)14-17-31-22-25-39-41(27-31)37-12-7-13-38(37)44(39)36-23-20-32(21-24-36)26-40(34-8-3-1-4-9-34)35-10-5-2-6-11-35/h15-16,18-19,31-32,34-41,44,50H,1-14,17,20-29H2,(H,48,49). The first-order valence-electron chi connectivity index (χ1n) is 22.1. The van der Waals surface area contributed by atoms with Gasteiger partial charge in [0, 0.05) is 6.42 Å². The minimum Gasteiger partial charge on any atom is -0.494 e. The number of aryl methyl sites for hydroxylation is 1. The van der Waals surface area contributed by atoms with Crippen molar-refractivity contribution in [2.24, 2.45) is 65.1 Å². The quantitative estimate of drug-likeness (QED) is 0.212. The molecule has 1 heterocycles. The summed E-state index contributed by atoms with van der Waals surface area (Å²) in [7, 11) is 0. The summed E-state index contributed by atoms with van der Waals surface area (Å²) >= 11 is 6.63. The molecule has 6 aliphatic rings. The second kappa shape index (κ2) is 17.0. The molecule has 4 nitrogen and oxygen atoms in total. The van der Waals surface area contributed by atoms with Crippen LogP contribution in [-0.4, -0.2) is 20.7 Å². The maximum Gasteiger partial charge on any atom is 0.323 e. The predicted molar refractivity (Wildman–Crippen MR) is 215 cm³/mol. The van der Waals surface area contributed by atoms with Crippen molar-refractivity contribution in [1.29, 1.82) is 0 Å². The lowest BCUT2D eigenvalue weighted by Crippen LogP contribution is -2.34. The summed E-state index contributed by atoms with van der Waals surface area (Å²) in [6, 6.07) is 8.91. The lowest BCUT2D eigenvalue weighted by molar-refractivity contribution is -0.137. The topological polar surface area (TPSA) is 62.5 Å². The highest BCUT2D eigenvalue weighted by Gasteiger charge is 2.55. The number of aliphatic carboxylic acids is 1. The van der Waals surface area contributed by atoms with E-state index in [4.69, 9.17) is 17.3 Å². The Kier molecular flexibility index (Phi) is 12.2. The van der Waals surface area contributed by atoms with E-state index in [0.29, 0.717) is 10.4 Å². The van der Waals surface area contributed by atoms with Gasteiger partial charge in [-0.3, -0.25) is 9.36 Å². The van der Waals surface area contributed by atoms with Gasteiger partial charge in [-0.05, 0) is 146 Å². The first-order valence-corrected chi connectivity index (χ1v) is 23.3. The van der Waals surface area contributed by atoms with Gasteiger partial charge in [0.15, 0.2) is 3.95 Å². The van der Waals surface area contributed by atoms with Crippen LogP contribution < -0.4 is 0 Å². The van der Waals surface area contributed by atoms with Crippen LogP contribution in [-0.2, 0) is 24.2 Å². The molecule has 6 atom stereocenters. The molecule has 1 aromatic carbocycles. The van der Waals surface area contributed by atoms with E-state index in [1.165, 1.54) is 98.5 Å². The highest BCUT2D eigenvalue weighted by atomic mass is 32.1. The lowest BCUT2D eigenvalue weighted by Gasteiger charge is -2.43. The van der Waals surface area contributed by atoms with E-state index in [-0.39, 0.29) is 12.4 Å². The first kappa shape index (κ1) is 37.3. The van der Waals surface area contributed by atoms with E-state index in [2.05, 4.69) is 24.3 Å². The Morgan fingerprint density at radius 1 is 0.731 bits per heavy atom. The predicted octanol–water partition coefficient (Wildman–Crippen LogP) is 12.6. The molecule has 6 fully saturated rings. The minimum atomic E-state index is -0.996. The molecule has 6 saturated carbocycles. The lowest BCUT2D eigenvalue weighted by atomic mass is 9.62. The van der Waals surface area contributed by atoms with Gasteiger partial charge in [-0.1, -0.05) is 114 Å². The number of benzene rings is 1. The molecule has 2 N–H and O–H groups in total. The Hall–Kier alpha value is -1.66. The molecule has 0 radical (unpaired) electrons. The van der Waals surface area contributed by atoms with Crippen LogP contribution in [0.4, 0.5) is 0 Å². The maximum absolute atomic E-state index is 11.2. The number of aromatic nitrogens is 1. The number of hydrogen-bond acceptors (Lipinski definition) is 4. The SMILES string of the molecule is O=C(O)Cn1c(O)c(Cc2ccc(CCC3CCC4C(C3)C3CCCC3C4C3CCC(CC(C4CCCCC4)C4CCCCC4)CC3)cc2)sc1=S. The van der Waals surface area contributed by atoms with Crippen LogP contribution in [0.5, 0.6) is 5.88 Å². The molecule has 52 heavy (non-hydrogen) atoms. The van der Waals surface area contributed by atoms with E-state index < -0.39 is 5.97 Å². The first-order chi connectivity index (χ1) is 25.4. The van der Waals surface area contributed by atoms with Crippen LogP contribution in [0.15, 0.2) is 24.3 Å². The molecule has 286 valence electrons. The van der Waals surface area contributed by atoms with Crippen molar-refractivity contribution in [3.63, 3.8) is 0 Å². The third kappa shape index (κ3) is 8.29. The van der Waals surface area contributed by atoms with Crippen LogP contribution in [0.1, 0.15) is 157 Å². The molecular formula is C46H67NO3S2. The Morgan fingerprint density at radius 2 is 1.35 bits per heavy atom. The number of carbonyl (C=O) groups is 1. The van der Waals surface area contributed by atoms with Gasteiger partial charge < -0.3 is 10.2 Å². The maximum atomic E-state index is 11.2. The van der Waals surface area contributed by atoms with Gasteiger partial charge in [-0.25, -0.2) is 0 Å². The fraction of sp³-hybridized carbons (Fsp3) is 0.783. The van der Waals surface area contributed by atoms with Crippen molar-refractivity contribution in [3.05, 3.63) is 44.2 Å². The second-order valence-corrected chi connectivity index (χ2v) is 20.7. The largest absolute Gasteiger partial charge is 0.494 e. The molecule has 8 rings (SSSR count). The second-order valence-electron chi connectivity index (χ2n) is 18.9. The monoisotopic (exact) mass is 745 g/mol. The summed E-state index contributed by atoms with van der Waals surface area (Å²) in [6.45, 7) is -0.299. The van der Waals surface area contributed by atoms with Crippen molar-refractivity contribution in [2.45, 2.75) is 161 Å². The van der Waals surface area contributed by atoms with Crippen molar-refractivity contribution in [2.75, 3.05) is 0 Å². The van der Waals surface area contributed by atoms with E-state index in [1.807, 2.05) is 0 Å². The normalized spacial score (nSPS) is 32.9. The molecule has 6 unspecified atom stereocenters. The van der Waals surface area contributed by atoms with Crippen LogP contribution >= 0.6 is 23.6 Å². The highest BCUT2D eigenvalue weighted by Crippen LogP contribution is 2.63. The number of carboxylic acid groups (broad SMARTS) is 1. The van der Waals surface area contributed by atoms with Gasteiger partial charge in [0.1, 0.15) is 6.54 Å². The number of thiazole rings is 1. The molecule has 6 heteroatoms. The third-order valence-electron chi connectivity index (χ3n) is 16.2.